The summed E-state index contributed by atoms with van der Waals surface area (Å²) in [7, 11) is -1.55. The van der Waals surface area contributed by atoms with Gasteiger partial charge in [-0.05, 0) is 25.0 Å². The monoisotopic (exact) mass is 284 g/mol. The molecule has 6 heteroatoms. The normalized spacial score (nSPS) is 18.5. The Bertz CT molecular complexity index is 551. The van der Waals surface area contributed by atoms with Crippen molar-refractivity contribution in [2.24, 2.45) is 0 Å². The summed E-state index contributed by atoms with van der Waals surface area (Å²) < 4.78 is 23.5. The molecule has 0 amide bonds. The Labute approximate surface area is 114 Å². The summed E-state index contributed by atoms with van der Waals surface area (Å²) in [6.07, 6.45) is 6.30. The lowest BCUT2D eigenvalue weighted by molar-refractivity contribution is 0.0557. The lowest BCUT2D eigenvalue weighted by atomic mass is 10.0. The number of rotatable bonds is 4. The number of pyridine rings is 1. The maximum atomic E-state index is 11.7. The predicted octanol–water partition coefficient (Wildman–Crippen LogP) is 1.23. The van der Waals surface area contributed by atoms with Crippen LogP contribution in [0.15, 0.2) is 23.2 Å². The molecule has 0 aliphatic heterocycles. The van der Waals surface area contributed by atoms with E-state index >= 15 is 0 Å². The molecule has 1 aromatic rings. The van der Waals surface area contributed by atoms with E-state index in [2.05, 4.69) is 4.98 Å². The molecule has 19 heavy (non-hydrogen) atoms. The first-order valence-corrected chi connectivity index (χ1v) is 8.30. The number of nitrogens with zero attached hydrogens (tertiary/aromatic N) is 2. The molecule has 0 radical (unpaired) electrons. The second-order valence-electron chi connectivity index (χ2n) is 5.38. The van der Waals surface area contributed by atoms with Gasteiger partial charge >= 0.3 is 0 Å². The fraction of sp³-hybridized carbons (Fsp3) is 0.615. The van der Waals surface area contributed by atoms with E-state index in [1.54, 1.807) is 30.3 Å². The number of aliphatic hydroxyl groups is 1. The van der Waals surface area contributed by atoms with Crippen LogP contribution in [-0.4, -0.2) is 44.0 Å². The molecular weight excluding hydrogens is 264 g/mol. The Hall–Kier alpha value is -1.14. The van der Waals surface area contributed by atoms with E-state index in [4.69, 9.17) is 0 Å². The minimum atomic E-state index is -3.32. The van der Waals surface area contributed by atoms with E-state index in [0.717, 1.165) is 25.7 Å². The highest BCUT2D eigenvalue weighted by Gasteiger charge is 2.33. The zero-order chi connectivity index (χ0) is 14.1. The first-order valence-electron chi connectivity index (χ1n) is 6.40. The van der Waals surface area contributed by atoms with Crippen molar-refractivity contribution in [3.63, 3.8) is 0 Å². The van der Waals surface area contributed by atoms with Crippen LogP contribution in [0.2, 0.25) is 0 Å². The SMILES string of the molecule is CN(CC1(O)CCCC1)c1ncccc1S(C)(=O)=O. The Morgan fingerprint density at radius 3 is 2.63 bits per heavy atom. The highest BCUT2D eigenvalue weighted by atomic mass is 32.2. The second-order valence-corrected chi connectivity index (χ2v) is 7.37. The molecule has 106 valence electrons. The van der Waals surface area contributed by atoms with Crippen LogP contribution in [0.3, 0.4) is 0 Å². The van der Waals surface area contributed by atoms with Gasteiger partial charge < -0.3 is 10.0 Å². The van der Waals surface area contributed by atoms with Crippen molar-refractivity contribution in [1.82, 2.24) is 4.98 Å². The fourth-order valence-corrected chi connectivity index (χ4v) is 3.53. The molecular formula is C13H20N2O3S. The first-order chi connectivity index (χ1) is 8.82. The smallest absolute Gasteiger partial charge is 0.179 e. The molecule has 1 aliphatic rings. The van der Waals surface area contributed by atoms with E-state index < -0.39 is 15.4 Å². The third kappa shape index (κ3) is 3.25. The lowest BCUT2D eigenvalue weighted by Crippen LogP contribution is -2.40. The average molecular weight is 284 g/mol. The van der Waals surface area contributed by atoms with Crippen LogP contribution in [0, 0.1) is 0 Å². The van der Waals surface area contributed by atoms with Gasteiger partial charge in [0.25, 0.3) is 0 Å². The van der Waals surface area contributed by atoms with Gasteiger partial charge in [0.1, 0.15) is 10.7 Å². The largest absolute Gasteiger partial charge is 0.388 e. The maximum Gasteiger partial charge on any atom is 0.179 e. The number of hydrogen-bond donors (Lipinski definition) is 1. The molecule has 1 saturated carbocycles. The predicted molar refractivity (Wildman–Crippen MR) is 74.0 cm³/mol. The van der Waals surface area contributed by atoms with Crippen LogP contribution >= 0.6 is 0 Å². The summed E-state index contributed by atoms with van der Waals surface area (Å²) in [4.78, 5) is 6.10. The van der Waals surface area contributed by atoms with Gasteiger partial charge in [0, 0.05) is 26.0 Å². The van der Waals surface area contributed by atoms with Crippen molar-refractivity contribution in [1.29, 1.82) is 0 Å². The Morgan fingerprint density at radius 1 is 1.42 bits per heavy atom. The van der Waals surface area contributed by atoms with Crippen LogP contribution in [-0.2, 0) is 9.84 Å². The standard InChI is InChI=1S/C13H20N2O3S/c1-15(10-13(16)7-3-4-8-13)12-11(19(2,17)18)6-5-9-14-12/h5-6,9,16H,3-4,7-8,10H2,1-2H3. The molecule has 0 bridgehead atoms. The molecule has 1 N–H and O–H groups in total. The molecule has 0 spiro atoms. The molecule has 1 aromatic heterocycles. The van der Waals surface area contributed by atoms with Gasteiger partial charge in [0.15, 0.2) is 9.84 Å². The van der Waals surface area contributed by atoms with Crippen molar-refractivity contribution in [2.75, 3.05) is 24.7 Å². The van der Waals surface area contributed by atoms with Gasteiger partial charge in [0.2, 0.25) is 0 Å². The zero-order valence-corrected chi connectivity index (χ0v) is 12.2. The summed E-state index contributed by atoms with van der Waals surface area (Å²) in [6.45, 7) is 0.409. The van der Waals surface area contributed by atoms with Crippen molar-refractivity contribution < 1.29 is 13.5 Å². The van der Waals surface area contributed by atoms with Gasteiger partial charge in [-0.15, -0.1) is 0 Å². The molecule has 1 fully saturated rings. The van der Waals surface area contributed by atoms with Gasteiger partial charge in [-0.25, -0.2) is 13.4 Å². The summed E-state index contributed by atoms with van der Waals surface area (Å²) in [5.41, 5.74) is -0.721. The third-order valence-corrected chi connectivity index (χ3v) is 4.70. The molecule has 1 aliphatic carbocycles. The number of aromatic nitrogens is 1. The minimum absolute atomic E-state index is 0.207. The van der Waals surface area contributed by atoms with Crippen molar-refractivity contribution in [3.8, 4) is 0 Å². The van der Waals surface area contributed by atoms with Gasteiger partial charge in [0.05, 0.1) is 5.60 Å². The topological polar surface area (TPSA) is 70.5 Å². The summed E-state index contributed by atoms with van der Waals surface area (Å²) in [6, 6.07) is 3.16. The van der Waals surface area contributed by atoms with E-state index in [-0.39, 0.29) is 4.90 Å². The number of hydrogen-bond acceptors (Lipinski definition) is 5. The van der Waals surface area contributed by atoms with Crippen LogP contribution in [0.4, 0.5) is 5.82 Å². The Morgan fingerprint density at radius 2 is 2.05 bits per heavy atom. The molecule has 0 aromatic carbocycles. The van der Waals surface area contributed by atoms with Crippen molar-refractivity contribution >= 4 is 15.7 Å². The van der Waals surface area contributed by atoms with Crippen molar-refractivity contribution in [3.05, 3.63) is 18.3 Å². The summed E-state index contributed by atoms with van der Waals surface area (Å²) in [5.74, 6) is 0.408. The number of anilines is 1. The van der Waals surface area contributed by atoms with Gasteiger partial charge in [-0.1, -0.05) is 12.8 Å². The molecule has 1 heterocycles. The summed E-state index contributed by atoms with van der Waals surface area (Å²) in [5, 5.41) is 10.4. The van der Waals surface area contributed by atoms with E-state index in [9.17, 15) is 13.5 Å². The zero-order valence-electron chi connectivity index (χ0n) is 11.3. The molecule has 0 atom stereocenters. The highest BCUT2D eigenvalue weighted by molar-refractivity contribution is 7.90. The fourth-order valence-electron chi connectivity index (χ4n) is 2.67. The highest BCUT2D eigenvalue weighted by Crippen LogP contribution is 2.32. The van der Waals surface area contributed by atoms with E-state index in [0.29, 0.717) is 12.4 Å². The van der Waals surface area contributed by atoms with E-state index in [1.165, 1.54) is 6.26 Å². The number of sulfone groups is 1. The third-order valence-electron chi connectivity index (χ3n) is 3.58. The van der Waals surface area contributed by atoms with Crippen LogP contribution < -0.4 is 4.90 Å². The molecule has 5 nitrogen and oxygen atoms in total. The summed E-state index contributed by atoms with van der Waals surface area (Å²) >= 11 is 0. The number of likely N-dealkylation sites (N-methyl/N-ethyl adjacent to an activating group) is 1. The van der Waals surface area contributed by atoms with Crippen LogP contribution in [0.1, 0.15) is 25.7 Å². The van der Waals surface area contributed by atoms with Crippen LogP contribution in [0.25, 0.3) is 0 Å². The molecule has 2 rings (SSSR count). The quantitative estimate of drug-likeness (QED) is 0.900. The maximum absolute atomic E-state index is 11.7. The lowest BCUT2D eigenvalue weighted by Gasteiger charge is -2.30. The Kier molecular flexibility index (Phi) is 3.82. The molecule has 0 unspecified atom stereocenters. The van der Waals surface area contributed by atoms with Crippen LogP contribution in [0.5, 0.6) is 0 Å². The van der Waals surface area contributed by atoms with Gasteiger partial charge in [-0.2, -0.15) is 0 Å². The first kappa shape index (κ1) is 14.3. The average Bonchev–Trinajstić information content (AvgIpc) is 2.74. The second kappa shape index (κ2) is 5.09. The van der Waals surface area contributed by atoms with Gasteiger partial charge in [-0.3, -0.25) is 0 Å². The Balaban J connectivity index is 2.27. The minimum Gasteiger partial charge on any atom is -0.388 e. The molecule has 0 saturated heterocycles. The van der Waals surface area contributed by atoms with E-state index in [1.807, 2.05) is 0 Å². The van der Waals surface area contributed by atoms with Crippen molar-refractivity contribution in [2.45, 2.75) is 36.2 Å².